The number of aromatic nitrogens is 1. The van der Waals surface area contributed by atoms with E-state index in [0.717, 1.165) is 10.9 Å². The molecule has 172 valence electrons. The SMILES string of the molecule is Cc1cccc(F)c1-c1cc(NC(=O)C2CN(C(=O)OC(C)(C)C)C2)c2cc(N)ncc2c1. The molecule has 0 aliphatic carbocycles. The van der Waals surface area contributed by atoms with Crippen LogP contribution in [0.3, 0.4) is 0 Å². The lowest BCUT2D eigenvalue weighted by molar-refractivity contribution is -0.124. The van der Waals surface area contributed by atoms with Gasteiger partial charge in [0.2, 0.25) is 5.91 Å². The van der Waals surface area contributed by atoms with Crippen LogP contribution in [0.2, 0.25) is 0 Å². The molecule has 8 heteroatoms. The van der Waals surface area contributed by atoms with E-state index in [9.17, 15) is 14.0 Å². The van der Waals surface area contributed by atoms with E-state index in [1.54, 1.807) is 45.2 Å². The monoisotopic (exact) mass is 450 g/mol. The van der Waals surface area contributed by atoms with Crippen molar-refractivity contribution in [1.82, 2.24) is 9.88 Å². The molecule has 1 fully saturated rings. The van der Waals surface area contributed by atoms with Crippen LogP contribution < -0.4 is 11.1 Å². The van der Waals surface area contributed by atoms with Crippen molar-refractivity contribution in [2.45, 2.75) is 33.3 Å². The minimum atomic E-state index is -0.595. The van der Waals surface area contributed by atoms with Crippen LogP contribution in [-0.4, -0.2) is 40.6 Å². The Morgan fingerprint density at radius 1 is 1.21 bits per heavy atom. The van der Waals surface area contributed by atoms with Crippen molar-refractivity contribution in [3.05, 3.63) is 54.0 Å². The maximum absolute atomic E-state index is 14.7. The van der Waals surface area contributed by atoms with Gasteiger partial charge in [-0.15, -0.1) is 0 Å². The predicted molar refractivity (Wildman–Crippen MR) is 126 cm³/mol. The van der Waals surface area contributed by atoms with E-state index in [4.69, 9.17) is 10.5 Å². The van der Waals surface area contributed by atoms with Gasteiger partial charge in [0.15, 0.2) is 0 Å². The number of nitrogens with two attached hydrogens (primary N) is 1. The number of amides is 2. The van der Waals surface area contributed by atoms with Gasteiger partial charge >= 0.3 is 6.09 Å². The Balaban J connectivity index is 1.60. The number of carbonyl (C=O) groups is 2. The second-order valence-electron chi connectivity index (χ2n) is 9.36. The molecule has 33 heavy (non-hydrogen) atoms. The number of rotatable bonds is 3. The number of ether oxygens (including phenoxy) is 1. The van der Waals surface area contributed by atoms with Gasteiger partial charge in [-0.1, -0.05) is 12.1 Å². The standard InChI is InChI=1S/C25H27FN4O3/c1-14-6-5-7-19(26)22(14)15-8-16-11-28-21(27)10-18(16)20(9-15)29-23(31)17-12-30(13-17)24(32)33-25(2,3)4/h5-11,17H,12-13H2,1-4H3,(H2,27,28)(H,29,31). The first kappa shape index (κ1) is 22.5. The van der Waals surface area contributed by atoms with Gasteiger partial charge in [0, 0.05) is 41.3 Å². The molecule has 0 radical (unpaired) electrons. The van der Waals surface area contributed by atoms with Crippen LogP contribution in [0.25, 0.3) is 21.9 Å². The molecule has 3 N–H and O–H groups in total. The molecule has 7 nitrogen and oxygen atoms in total. The fourth-order valence-corrected chi connectivity index (χ4v) is 3.87. The molecule has 1 aliphatic rings. The van der Waals surface area contributed by atoms with Crippen LogP contribution in [0.5, 0.6) is 0 Å². The Labute approximate surface area is 191 Å². The Bertz CT molecular complexity index is 1230. The molecule has 0 saturated carbocycles. The van der Waals surface area contributed by atoms with Crippen molar-refractivity contribution in [2.24, 2.45) is 5.92 Å². The molecular weight excluding hydrogens is 423 g/mol. The summed E-state index contributed by atoms with van der Waals surface area (Å²) in [6.45, 7) is 7.77. The number of benzene rings is 2. The molecule has 4 rings (SSSR count). The minimum absolute atomic E-state index is 0.228. The first-order valence-electron chi connectivity index (χ1n) is 10.8. The number of likely N-dealkylation sites (tertiary alicyclic amines) is 1. The Morgan fingerprint density at radius 2 is 1.94 bits per heavy atom. The summed E-state index contributed by atoms with van der Waals surface area (Å²) in [5, 5.41) is 4.38. The molecule has 2 heterocycles. The number of nitrogen functional groups attached to an aromatic ring is 1. The third kappa shape index (κ3) is 4.74. The number of pyridine rings is 1. The lowest BCUT2D eigenvalue weighted by atomic mass is 9.95. The fourth-order valence-electron chi connectivity index (χ4n) is 3.87. The molecule has 0 atom stereocenters. The maximum atomic E-state index is 14.7. The van der Waals surface area contributed by atoms with Crippen molar-refractivity contribution < 1.29 is 18.7 Å². The molecule has 0 spiro atoms. The zero-order valence-electron chi connectivity index (χ0n) is 19.1. The maximum Gasteiger partial charge on any atom is 0.410 e. The Hall–Kier alpha value is -3.68. The number of aryl methyl sites for hydroxylation is 1. The number of halogens is 1. The molecule has 0 bridgehead atoms. The summed E-state index contributed by atoms with van der Waals surface area (Å²) in [7, 11) is 0. The molecular formula is C25H27FN4O3. The average molecular weight is 451 g/mol. The highest BCUT2D eigenvalue weighted by Gasteiger charge is 2.38. The highest BCUT2D eigenvalue weighted by atomic mass is 19.1. The van der Waals surface area contributed by atoms with E-state index in [1.807, 2.05) is 19.1 Å². The fraction of sp³-hybridized carbons (Fsp3) is 0.320. The number of nitrogens with one attached hydrogen (secondary N) is 1. The smallest absolute Gasteiger partial charge is 0.410 e. The van der Waals surface area contributed by atoms with Crippen LogP contribution in [0.1, 0.15) is 26.3 Å². The highest BCUT2D eigenvalue weighted by molar-refractivity contribution is 6.06. The zero-order valence-corrected chi connectivity index (χ0v) is 19.1. The molecule has 0 unspecified atom stereocenters. The number of hydrogen-bond donors (Lipinski definition) is 2. The van der Waals surface area contributed by atoms with Crippen LogP contribution in [0.15, 0.2) is 42.6 Å². The number of anilines is 2. The summed E-state index contributed by atoms with van der Waals surface area (Å²) >= 11 is 0. The number of carbonyl (C=O) groups excluding carboxylic acids is 2. The molecule has 2 aromatic carbocycles. The summed E-state index contributed by atoms with van der Waals surface area (Å²) < 4.78 is 20.0. The van der Waals surface area contributed by atoms with E-state index < -0.39 is 11.7 Å². The zero-order chi connectivity index (χ0) is 23.9. The predicted octanol–water partition coefficient (Wildman–Crippen LogP) is 4.74. The van der Waals surface area contributed by atoms with E-state index >= 15 is 0 Å². The molecule has 1 aromatic heterocycles. The number of fused-ring (bicyclic) bond motifs is 1. The van der Waals surface area contributed by atoms with Gasteiger partial charge in [0.25, 0.3) is 0 Å². The van der Waals surface area contributed by atoms with E-state index in [0.29, 0.717) is 28.0 Å². The van der Waals surface area contributed by atoms with Gasteiger partial charge in [0.1, 0.15) is 17.2 Å². The average Bonchev–Trinajstić information content (AvgIpc) is 2.65. The lowest BCUT2D eigenvalue weighted by Gasteiger charge is -2.38. The van der Waals surface area contributed by atoms with Crippen LogP contribution >= 0.6 is 0 Å². The topological polar surface area (TPSA) is 97.5 Å². The molecule has 1 aliphatic heterocycles. The Morgan fingerprint density at radius 3 is 2.61 bits per heavy atom. The first-order chi connectivity index (χ1) is 15.5. The number of hydrogen-bond acceptors (Lipinski definition) is 5. The quantitative estimate of drug-likeness (QED) is 0.601. The van der Waals surface area contributed by atoms with Gasteiger partial charge in [-0.3, -0.25) is 4.79 Å². The largest absolute Gasteiger partial charge is 0.444 e. The molecule has 1 saturated heterocycles. The van der Waals surface area contributed by atoms with Crippen molar-refractivity contribution in [3.8, 4) is 11.1 Å². The van der Waals surface area contributed by atoms with Gasteiger partial charge in [0.05, 0.1) is 5.92 Å². The third-order valence-electron chi connectivity index (χ3n) is 5.53. The summed E-state index contributed by atoms with van der Waals surface area (Å²) in [5.41, 5.74) is 7.67. The van der Waals surface area contributed by atoms with E-state index in [-0.39, 0.29) is 30.7 Å². The summed E-state index contributed by atoms with van der Waals surface area (Å²) in [5.74, 6) is -0.630. The molecule has 3 aromatic rings. The Kier molecular flexibility index (Phi) is 5.69. The van der Waals surface area contributed by atoms with Crippen LogP contribution in [0, 0.1) is 18.7 Å². The molecule has 2 amide bonds. The van der Waals surface area contributed by atoms with Gasteiger partial charge in [-0.25, -0.2) is 14.2 Å². The highest BCUT2D eigenvalue weighted by Crippen LogP contribution is 2.35. The van der Waals surface area contributed by atoms with Gasteiger partial charge < -0.3 is 20.7 Å². The second-order valence-corrected chi connectivity index (χ2v) is 9.36. The first-order valence-corrected chi connectivity index (χ1v) is 10.8. The second kappa shape index (κ2) is 8.35. The summed E-state index contributed by atoms with van der Waals surface area (Å²) in [4.78, 5) is 30.7. The van der Waals surface area contributed by atoms with Crippen molar-refractivity contribution >= 4 is 34.3 Å². The van der Waals surface area contributed by atoms with E-state index in [2.05, 4.69) is 10.3 Å². The van der Waals surface area contributed by atoms with Crippen molar-refractivity contribution in [3.63, 3.8) is 0 Å². The van der Waals surface area contributed by atoms with E-state index in [1.165, 1.54) is 11.0 Å². The van der Waals surface area contributed by atoms with Crippen molar-refractivity contribution in [1.29, 1.82) is 0 Å². The van der Waals surface area contributed by atoms with Gasteiger partial charge in [-0.2, -0.15) is 0 Å². The minimum Gasteiger partial charge on any atom is -0.444 e. The normalized spacial score (nSPS) is 14.2. The summed E-state index contributed by atoms with van der Waals surface area (Å²) in [6, 6.07) is 10.2. The van der Waals surface area contributed by atoms with Gasteiger partial charge in [-0.05, 0) is 63.1 Å². The number of nitrogens with zero attached hydrogens (tertiary/aromatic N) is 2. The lowest BCUT2D eigenvalue weighted by Crippen LogP contribution is -2.55. The third-order valence-corrected chi connectivity index (χ3v) is 5.53. The van der Waals surface area contributed by atoms with Crippen LogP contribution in [-0.2, 0) is 9.53 Å². The summed E-state index contributed by atoms with van der Waals surface area (Å²) in [6.07, 6.45) is 1.17. The van der Waals surface area contributed by atoms with Crippen LogP contribution in [0.4, 0.5) is 20.7 Å². The van der Waals surface area contributed by atoms with Crippen molar-refractivity contribution in [2.75, 3.05) is 24.1 Å².